The first-order valence-corrected chi connectivity index (χ1v) is 10.2. The molecule has 1 aliphatic heterocycles. The third-order valence-corrected chi connectivity index (χ3v) is 4.89. The monoisotopic (exact) mass is 436 g/mol. The summed E-state index contributed by atoms with van der Waals surface area (Å²) in [6.07, 6.45) is 1.35. The number of amides is 3. The average molecular weight is 436 g/mol. The highest BCUT2D eigenvalue weighted by atomic mass is 16.5. The van der Waals surface area contributed by atoms with Crippen LogP contribution in [0.5, 0.6) is 5.75 Å². The van der Waals surface area contributed by atoms with Crippen LogP contribution in [0.2, 0.25) is 0 Å². The lowest BCUT2D eigenvalue weighted by atomic mass is 10.2. The fourth-order valence-electron chi connectivity index (χ4n) is 3.38. The van der Waals surface area contributed by atoms with E-state index in [1.54, 1.807) is 31.2 Å². The lowest BCUT2D eigenvalue weighted by molar-refractivity contribution is -0.139. The van der Waals surface area contributed by atoms with Gasteiger partial charge >= 0.3 is 5.97 Å². The largest absolute Gasteiger partial charge is 0.484 e. The molecule has 8 heteroatoms. The van der Waals surface area contributed by atoms with E-state index in [2.05, 4.69) is 6.58 Å². The molecule has 0 aromatic heterocycles. The van der Waals surface area contributed by atoms with Gasteiger partial charge in [-0.15, -0.1) is 6.58 Å². The molecule has 166 valence electrons. The summed E-state index contributed by atoms with van der Waals surface area (Å²) in [6.45, 7) is 5.41. The van der Waals surface area contributed by atoms with Gasteiger partial charge in [0, 0.05) is 6.54 Å². The maximum atomic E-state index is 13.1. The van der Waals surface area contributed by atoms with Gasteiger partial charge in [-0.1, -0.05) is 24.3 Å². The van der Waals surface area contributed by atoms with Gasteiger partial charge in [-0.3, -0.25) is 14.4 Å². The fourth-order valence-corrected chi connectivity index (χ4v) is 3.38. The van der Waals surface area contributed by atoms with Gasteiger partial charge in [-0.2, -0.15) is 0 Å². The molecule has 2 aromatic carbocycles. The molecule has 1 unspecified atom stereocenters. The number of carbonyl (C=O) groups excluding carboxylic acids is 4. The first kappa shape index (κ1) is 22.7. The molecule has 1 heterocycles. The topological polar surface area (TPSA) is 93.2 Å². The van der Waals surface area contributed by atoms with Crippen molar-refractivity contribution in [3.05, 3.63) is 72.8 Å². The van der Waals surface area contributed by atoms with Crippen LogP contribution in [-0.4, -0.2) is 54.4 Å². The molecule has 0 spiro atoms. The molecule has 2 aromatic rings. The van der Waals surface area contributed by atoms with Crippen LogP contribution in [0.15, 0.2) is 67.3 Å². The van der Waals surface area contributed by atoms with Gasteiger partial charge in [0.2, 0.25) is 5.91 Å². The number of hydrogen-bond donors (Lipinski definition) is 0. The number of rotatable bonds is 9. The van der Waals surface area contributed by atoms with Crippen molar-refractivity contribution in [3.8, 4) is 5.75 Å². The summed E-state index contributed by atoms with van der Waals surface area (Å²) in [4.78, 5) is 52.7. The molecule has 1 fully saturated rings. The molecule has 0 aliphatic carbocycles. The van der Waals surface area contributed by atoms with Crippen molar-refractivity contribution in [2.24, 2.45) is 0 Å². The molecule has 0 radical (unpaired) electrons. The molecule has 0 saturated carbocycles. The Bertz CT molecular complexity index is 1000. The van der Waals surface area contributed by atoms with Crippen LogP contribution >= 0.6 is 0 Å². The molecule has 3 amide bonds. The van der Waals surface area contributed by atoms with Crippen molar-refractivity contribution >= 4 is 29.4 Å². The standard InChI is InChI=1S/C24H24N2O6/c1-3-14-25(22(28)16-32-19-8-6-5-7-9-19)20-15-21(27)26(23(20)29)18-12-10-17(11-13-18)24(30)31-4-2/h3,5-13,20H,1,4,14-16H2,2H3. The molecule has 1 aliphatic rings. The second-order valence-corrected chi connectivity index (χ2v) is 6.99. The third kappa shape index (κ3) is 5.03. The van der Waals surface area contributed by atoms with E-state index in [0.717, 1.165) is 4.90 Å². The summed E-state index contributed by atoms with van der Waals surface area (Å²) in [7, 11) is 0. The molecule has 0 N–H and O–H groups in total. The van der Waals surface area contributed by atoms with Gasteiger partial charge in [-0.05, 0) is 43.3 Å². The smallest absolute Gasteiger partial charge is 0.338 e. The second-order valence-electron chi connectivity index (χ2n) is 6.99. The lowest BCUT2D eigenvalue weighted by Gasteiger charge is -2.26. The molecular weight excluding hydrogens is 412 g/mol. The van der Waals surface area contributed by atoms with Gasteiger partial charge in [0.05, 0.1) is 24.3 Å². The summed E-state index contributed by atoms with van der Waals surface area (Å²) in [5.41, 5.74) is 0.634. The minimum absolute atomic E-state index is 0.0936. The number of hydrogen-bond acceptors (Lipinski definition) is 6. The average Bonchev–Trinajstić information content (AvgIpc) is 3.10. The van der Waals surface area contributed by atoms with E-state index < -0.39 is 29.7 Å². The van der Waals surface area contributed by atoms with Crippen LogP contribution in [0.1, 0.15) is 23.7 Å². The minimum Gasteiger partial charge on any atom is -0.484 e. The highest BCUT2D eigenvalue weighted by molar-refractivity contribution is 6.23. The highest BCUT2D eigenvalue weighted by Crippen LogP contribution is 2.26. The first-order valence-electron chi connectivity index (χ1n) is 10.2. The third-order valence-electron chi connectivity index (χ3n) is 4.89. The van der Waals surface area contributed by atoms with Crippen LogP contribution in [-0.2, 0) is 19.1 Å². The second kappa shape index (κ2) is 10.4. The van der Waals surface area contributed by atoms with Crippen molar-refractivity contribution in [2.45, 2.75) is 19.4 Å². The number of benzene rings is 2. The summed E-state index contributed by atoms with van der Waals surface area (Å²) < 4.78 is 10.4. The van der Waals surface area contributed by atoms with E-state index in [4.69, 9.17) is 9.47 Å². The summed E-state index contributed by atoms with van der Waals surface area (Å²) in [5, 5.41) is 0. The normalized spacial score (nSPS) is 15.4. The van der Waals surface area contributed by atoms with E-state index in [1.165, 1.54) is 35.2 Å². The van der Waals surface area contributed by atoms with Crippen molar-refractivity contribution < 1.29 is 28.7 Å². The molecule has 0 bridgehead atoms. The van der Waals surface area contributed by atoms with Crippen molar-refractivity contribution in [1.82, 2.24) is 4.90 Å². The van der Waals surface area contributed by atoms with Crippen molar-refractivity contribution in [2.75, 3.05) is 24.7 Å². The number of esters is 1. The Labute approximate surface area is 186 Å². The summed E-state index contributed by atoms with van der Waals surface area (Å²) >= 11 is 0. The number of carbonyl (C=O) groups is 4. The zero-order valence-corrected chi connectivity index (χ0v) is 17.7. The number of para-hydroxylation sites is 1. The number of imide groups is 1. The Morgan fingerprint density at radius 3 is 2.44 bits per heavy atom. The van der Waals surface area contributed by atoms with E-state index in [0.29, 0.717) is 17.0 Å². The van der Waals surface area contributed by atoms with Crippen molar-refractivity contribution in [3.63, 3.8) is 0 Å². The number of nitrogens with zero attached hydrogens (tertiary/aromatic N) is 2. The Balaban J connectivity index is 1.73. The van der Waals surface area contributed by atoms with Gasteiger partial charge in [0.15, 0.2) is 6.61 Å². The molecular formula is C24H24N2O6. The SMILES string of the molecule is C=CCN(C(=O)COc1ccccc1)C1CC(=O)N(c2ccc(C(=O)OCC)cc2)C1=O. The lowest BCUT2D eigenvalue weighted by Crippen LogP contribution is -2.47. The molecule has 3 rings (SSSR count). The van der Waals surface area contributed by atoms with E-state index in [9.17, 15) is 19.2 Å². The van der Waals surface area contributed by atoms with E-state index >= 15 is 0 Å². The predicted molar refractivity (Wildman–Crippen MR) is 117 cm³/mol. The van der Waals surface area contributed by atoms with Gasteiger partial charge in [0.1, 0.15) is 11.8 Å². The Hall–Kier alpha value is -3.94. The highest BCUT2D eigenvalue weighted by Gasteiger charge is 2.44. The number of ether oxygens (including phenoxy) is 2. The Kier molecular flexibility index (Phi) is 7.38. The maximum Gasteiger partial charge on any atom is 0.338 e. The zero-order chi connectivity index (χ0) is 23.1. The minimum atomic E-state index is -0.961. The Morgan fingerprint density at radius 1 is 1.12 bits per heavy atom. The summed E-state index contributed by atoms with van der Waals surface area (Å²) in [5.74, 6) is -1.35. The van der Waals surface area contributed by atoms with Gasteiger partial charge in [0.25, 0.3) is 11.8 Å². The van der Waals surface area contributed by atoms with Gasteiger partial charge in [-0.25, -0.2) is 9.69 Å². The van der Waals surface area contributed by atoms with E-state index in [-0.39, 0.29) is 26.2 Å². The first-order chi connectivity index (χ1) is 15.5. The van der Waals surface area contributed by atoms with E-state index in [1.807, 2.05) is 6.07 Å². The van der Waals surface area contributed by atoms with Gasteiger partial charge < -0.3 is 14.4 Å². The number of anilines is 1. The summed E-state index contributed by atoms with van der Waals surface area (Å²) in [6, 6.07) is 13.9. The van der Waals surface area contributed by atoms with Crippen molar-refractivity contribution in [1.29, 1.82) is 0 Å². The molecule has 8 nitrogen and oxygen atoms in total. The predicted octanol–water partition coefficient (Wildman–Crippen LogP) is 2.59. The maximum absolute atomic E-state index is 13.1. The quantitative estimate of drug-likeness (QED) is 0.341. The van der Waals surface area contributed by atoms with Crippen LogP contribution < -0.4 is 9.64 Å². The van der Waals surface area contributed by atoms with Crippen LogP contribution in [0.3, 0.4) is 0 Å². The molecule has 1 saturated heterocycles. The van der Waals surface area contributed by atoms with Crippen LogP contribution in [0.25, 0.3) is 0 Å². The molecule has 32 heavy (non-hydrogen) atoms. The van der Waals surface area contributed by atoms with Crippen LogP contribution in [0.4, 0.5) is 5.69 Å². The fraction of sp³-hybridized carbons (Fsp3) is 0.250. The molecule has 1 atom stereocenters. The Morgan fingerprint density at radius 2 is 1.81 bits per heavy atom. The van der Waals surface area contributed by atoms with Crippen LogP contribution in [0, 0.1) is 0 Å². The zero-order valence-electron chi connectivity index (χ0n) is 17.7.